The highest BCUT2D eigenvalue weighted by molar-refractivity contribution is 6.32. The van der Waals surface area contributed by atoms with Crippen molar-refractivity contribution in [3.05, 3.63) is 34.3 Å². The molecule has 104 valence electrons. The number of alkyl halides is 3. The number of hydrogen-bond donors (Lipinski definition) is 1. The summed E-state index contributed by atoms with van der Waals surface area (Å²) in [6.45, 7) is 3.92. The second-order valence-electron chi connectivity index (χ2n) is 4.44. The van der Waals surface area contributed by atoms with Crippen LogP contribution < -0.4 is 5.73 Å². The van der Waals surface area contributed by atoms with Gasteiger partial charge in [-0.15, -0.1) is 12.4 Å². The molecule has 0 aromatic heterocycles. The molecule has 1 nitrogen and oxygen atoms in total. The molecule has 0 amide bonds. The van der Waals surface area contributed by atoms with Gasteiger partial charge in [-0.2, -0.15) is 13.2 Å². The lowest BCUT2D eigenvalue weighted by Gasteiger charge is -2.18. The predicted molar refractivity (Wildman–Crippen MR) is 70.1 cm³/mol. The number of benzene rings is 1. The molecule has 1 rings (SSSR count). The molecule has 1 aromatic carbocycles. The van der Waals surface area contributed by atoms with Gasteiger partial charge in [0.25, 0.3) is 0 Å². The number of nitrogens with two attached hydrogens (primary N) is 1. The van der Waals surface area contributed by atoms with E-state index in [0.717, 1.165) is 6.07 Å². The Bertz CT molecular complexity index is 391. The van der Waals surface area contributed by atoms with E-state index in [-0.39, 0.29) is 17.4 Å². The van der Waals surface area contributed by atoms with Crippen LogP contribution in [0, 0.1) is 5.92 Å². The maximum absolute atomic E-state index is 12.6. The van der Waals surface area contributed by atoms with E-state index in [4.69, 9.17) is 17.3 Å². The van der Waals surface area contributed by atoms with Crippen molar-refractivity contribution in [1.82, 2.24) is 0 Å². The highest BCUT2D eigenvalue weighted by Crippen LogP contribution is 2.38. The van der Waals surface area contributed by atoms with E-state index in [9.17, 15) is 13.2 Å². The average Bonchev–Trinajstić information content (AvgIpc) is 2.14. The Hall–Kier alpha value is -0.450. The van der Waals surface area contributed by atoms with E-state index in [1.807, 2.05) is 13.8 Å². The number of hydrogen-bond acceptors (Lipinski definition) is 1. The summed E-state index contributed by atoms with van der Waals surface area (Å²) in [4.78, 5) is 0. The van der Waals surface area contributed by atoms with Gasteiger partial charge in [0.05, 0.1) is 10.6 Å². The quantitative estimate of drug-likeness (QED) is 0.850. The smallest absolute Gasteiger partial charge is 0.324 e. The third-order valence-corrected chi connectivity index (χ3v) is 2.88. The van der Waals surface area contributed by atoms with Crippen LogP contribution in [0.15, 0.2) is 18.2 Å². The zero-order valence-corrected chi connectivity index (χ0v) is 11.7. The molecule has 0 unspecified atom stereocenters. The van der Waals surface area contributed by atoms with Gasteiger partial charge >= 0.3 is 6.18 Å². The molecular weight excluding hydrogens is 286 g/mol. The van der Waals surface area contributed by atoms with E-state index in [0.29, 0.717) is 17.9 Å². The Morgan fingerprint density at radius 3 is 2.28 bits per heavy atom. The summed E-state index contributed by atoms with van der Waals surface area (Å²) in [6.07, 6.45) is -3.84. The van der Waals surface area contributed by atoms with Crippen molar-refractivity contribution < 1.29 is 13.2 Å². The molecule has 1 aromatic rings. The fraction of sp³-hybridized carbons (Fsp3) is 0.500. The van der Waals surface area contributed by atoms with Gasteiger partial charge in [0.15, 0.2) is 0 Å². The molecule has 1 atom stereocenters. The van der Waals surface area contributed by atoms with E-state index >= 15 is 0 Å². The summed E-state index contributed by atoms with van der Waals surface area (Å²) in [5.41, 5.74) is 5.39. The van der Waals surface area contributed by atoms with Gasteiger partial charge < -0.3 is 5.73 Å². The largest absolute Gasteiger partial charge is 0.417 e. The fourth-order valence-corrected chi connectivity index (χ4v) is 2.06. The van der Waals surface area contributed by atoms with Crippen LogP contribution in [0.25, 0.3) is 0 Å². The molecule has 0 aliphatic heterocycles. The van der Waals surface area contributed by atoms with Crippen LogP contribution >= 0.6 is 24.0 Å². The molecule has 6 heteroatoms. The minimum absolute atomic E-state index is 0. The van der Waals surface area contributed by atoms with Gasteiger partial charge in [-0.25, -0.2) is 0 Å². The highest BCUT2D eigenvalue weighted by Gasteiger charge is 2.34. The molecular formula is C12H16Cl2F3N. The van der Waals surface area contributed by atoms with Crippen LogP contribution in [0.5, 0.6) is 0 Å². The predicted octanol–water partition coefficient (Wildman–Crippen LogP) is 4.83. The molecule has 0 heterocycles. The molecule has 0 radical (unpaired) electrons. The molecule has 0 bridgehead atoms. The van der Waals surface area contributed by atoms with Crippen LogP contribution in [0.4, 0.5) is 13.2 Å². The SMILES string of the molecule is CC(C)C[C@H](N)c1cccc(C(F)(F)F)c1Cl.Cl. The maximum atomic E-state index is 12.6. The Morgan fingerprint density at radius 2 is 1.83 bits per heavy atom. The van der Waals surface area contributed by atoms with E-state index < -0.39 is 17.8 Å². The monoisotopic (exact) mass is 301 g/mol. The van der Waals surface area contributed by atoms with Gasteiger partial charge in [0.1, 0.15) is 0 Å². The van der Waals surface area contributed by atoms with Crippen molar-refractivity contribution >= 4 is 24.0 Å². The molecule has 0 fully saturated rings. The molecule has 0 aliphatic carbocycles. The molecule has 2 N–H and O–H groups in total. The summed E-state index contributed by atoms with van der Waals surface area (Å²) in [5, 5.41) is -0.284. The Kier molecular flexibility index (Phi) is 6.47. The van der Waals surface area contributed by atoms with Gasteiger partial charge in [0, 0.05) is 6.04 Å². The topological polar surface area (TPSA) is 26.0 Å². The van der Waals surface area contributed by atoms with Crippen molar-refractivity contribution in [3.8, 4) is 0 Å². The van der Waals surface area contributed by atoms with E-state index in [1.54, 1.807) is 6.07 Å². The highest BCUT2D eigenvalue weighted by atomic mass is 35.5. The van der Waals surface area contributed by atoms with Crippen LogP contribution in [0.3, 0.4) is 0 Å². The summed E-state index contributed by atoms with van der Waals surface area (Å²) in [7, 11) is 0. The Labute approximate surface area is 116 Å². The Balaban J connectivity index is 0.00000289. The second kappa shape index (κ2) is 6.64. The van der Waals surface area contributed by atoms with Crippen molar-refractivity contribution in [3.63, 3.8) is 0 Å². The second-order valence-corrected chi connectivity index (χ2v) is 4.82. The molecule has 0 saturated heterocycles. The summed E-state index contributed by atoms with van der Waals surface area (Å²) < 4.78 is 37.9. The van der Waals surface area contributed by atoms with Crippen molar-refractivity contribution in [2.45, 2.75) is 32.5 Å². The van der Waals surface area contributed by atoms with Crippen LogP contribution in [-0.4, -0.2) is 0 Å². The minimum atomic E-state index is -4.44. The van der Waals surface area contributed by atoms with E-state index in [2.05, 4.69) is 0 Å². The first-order valence-electron chi connectivity index (χ1n) is 5.34. The zero-order valence-electron chi connectivity index (χ0n) is 10.1. The lowest BCUT2D eigenvalue weighted by Crippen LogP contribution is -2.15. The lowest BCUT2D eigenvalue weighted by atomic mass is 9.96. The fourth-order valence-electron chi connectivity index (χ4n) is 1.69. The molecule has 0 spiro atoms. The van der Waals surface area contributed by atoms with Crippen LogP contribution in [0.2, 0.25) is 5.02 Å². The third kappa shape index (κ3) is 4.34. The average molecular weight is 302 g/mol. The van der Waals surface area contributed by atoms with Gasteiger partial charge in [0.2, 0.25) is 0 Å². The molecule has 18 heavy (non-hydrogen) atoms. The Morgan fingerprint density at radius 1 is 1.28 bits per heavy atom. The first-order valence-corrected chi connectivity index (χ1v) is 5.72. The standard InChI is InChI=1S/C12H15ClF3N.ClH/c1-7(2)6-10(17)8-4-3-5-9(11(8)13)12(14,15)16;/h3-5,7,10H,6,17H2,1-2H3;1H/t10-;/m0./s1. The molecule has 0 saturated carbocycles. The van der Waals surface area contributed by atoms with Gasteiger partial charge in [-0.3, -0.25) is 0 Å². The van der Waals surface area contributed by atoms with Gasteiger partial charge in [-0.05, 0) is 24.0 Å². The summed E-state index contributed by atoms with van der Waals surface area (Å²) >= 11 is 5.77. The maximum Gasteiger partial charge on any atom is 0.417 e. The number of halogens is 5. The normalized spacial score (nSPS) is 13.3. The first-order chi connectivity index (χ1) is 7.73. The van der Waals surface area contributed by atoms with Gasteiger partial charge in [-0.1, -0.05) is 37.6 Å². The third-order valence-electron chi connectivity index (χ3n) is 2.46. The van der Waals surface area contributed by atoms with Crippen LogP contribution in [0.1, 0.15) is 37.4 Å². The number of rotatable bonds is 3. The van der Waals surface area contributed by atoms with Crippen molar-refractivity contribution in [2.24, 2.45) is 11.7 Å². The summed E-state index contributed by atoms with van der Waals surface area (Å²) in [5.74, 6) is 0.301. The van der Waals surface area contributed by atoms with Crippen molar-refractivity contribution in [2.75, 3.05) is 0 Å². The minimum Gasteiger partial charge on any atom is -0.324 e. The first kappa shape index (κ1) is 17.6. The molecule has 0 aliphatic rings. The van der Waals surface area contributed by atoms with E-state index in [1.165, 1.54) is 6.07 Å². The lowest BCUT2D eigenvalue weighted by molar-refractivity contribution is -0.137. The zero-order chi connectivity index (χ0) is 13.2. The summed E-state index contributed by atoms with van der Waals surface area (Å²) in [6, 6.07) is 3.38. The van der Waals surface area contributed by atoms with Crippen molar-refractivity contribution in [1.29, 1.82) is 0 Å². The van der Waals surface area contributed by atoms with Crippen LogP contribution in [-0.2, 0) is 6.18 Å².